The zero-order chi connectivity index (χ0) is 36.2. The van der Waals surface area contributed by atoms with Gasteiger partial charge < -0.3 is 39.6 Å². The van der Waals surface area contributed by atoms with Crippen LogP contribution in [-0.2, 0) is 4.74 Å². The summed E-state index contributed by atoms with van der Waals surface area (Å²) >= 11 is 0. The molecule has 6 aromatic rings. The Morgan fingerprint density at radius 1 is 0.654 bits per heavy atom. The third-order valence-electron chi connectivity index (χ3n) is 8.92. The number of hydrogen-bond acceptors (Lipinski definition) is 9. The second-order valence-corrected chi connectivity index (χ2v) is 12.3. The SMILES string of the molecule is O=C(Nc1ccc(C(=C(c2ccccc2)c2ccccc2)c2ccccc2)cc1)c1cc2ccc(O[C@@H]3O[C@H](CO)[C@H](O)[C@H](O)[C@H]3O)cc2oc1=O. The summed E-state index contributed by atoms with van der Waals surface area (Å²) < 4.78 is 16.5. The Morgan fingerprint density at radius 2 is 1.19 bits per heavy atom. The predicted octanol–water partition coefficient (Wildman–Crippen LogP) is 5.23. The number of amides is 1. The summed E-state index contributed by atoms with van der Waals surface area (Å²) in [6.07, 6.45) is -7.33. The van der Waals surface area contributed by atoms with Gasteiger partial charge in [0.1, 0.15) is 41.3 Å². The maximum absolute atomic E-state index is 13.4. The summed E-state index contributed by atoms with van der Waals surface area (Å²) in [6, 6.07) is 43.8. The monoisotopic (exact) mass is 697 g/mol. The van der Waals surface area contributed by atoms with Crippen molar-refractivity contribution in [2.45, 2.75) is 30.7 Å². The van der Waals surface area contributed by atoms with Gasteiger partial charge in [-0.05, 0) is 63.7 Å². The highest BCUT2D eigenvalue weighted by Gasteiger charge is 2.44. The quantitative estimate of drug-likeness (QED) is 0.101. The number of benzene rings is 5. The number of carbonyl (C=O) groups excluding carboxylic acids is 1. The van der Waals surface area contributed by atoms with Crippen LogP contribution in [-0.4, -0.2) is 63.6 Å². The largest absolute Gasteiger partial charge is 0.462 e. The van der Waals surface area contributed by atoms with E-state index >= 15 is 0 Å². The molecule has 1 aliphatic rings. The number of fused-ring (bicyclic) bond motifs is 1. The fourth-order valence-corrected chi connectivity index (χ4v) is 6.27. The second-order valence-electron chi connectivity index (χ2n) is 12.3. The van der Waals surface area contributed by atoms with Gasteiger partial charge in [0.05, 0.1) is 6.61 Å². The molecule has 0 aliphatic carbocycles. The lowest BCUT2D eigenvalue weighted by Crippen LogP contribution is -2.60. The highest BCUT2D eigenvalue weighted by molar-refractivity contribution is 6.07. The number of rotatable bonds is 9. The lowest BCUT2D eigenvalue weighted by molar-refractivity contribution is -0.277. The van der Waals surface area contributed by atoms with Crippen molar-refractivity contribution in [3.05, 3.63) is 178 Å². The van der Waals surface area contributed by atoms with E-state index in [4.69, 9.17) is 13.9 Å². The van der Waals surface area contributed by atoms with Gasteiger partial charge in [0, 0.05) is 17.1 Å². The van der Waals surface area contributed by atoms with Crippen molar-refractivity contribution in [3.63, 3.8) is 0 Å². The zero-order valence-electron chi connectivity index (χ0n) is 27.7. The van der Waals surface area contributed by atoms with Crippen LogP contribution < -0.4 is 15.7 Å². The summed E-state index contributed by atoms with van der Waals surface area (Å²) in [5.41, 5.74) is 5.62. The standard InChI is InChI=1S/C42H35NO9/c44-24-34-37(45)38(46)39(47)42(52-34)50-31-21-18-29-22-32(41(49)51-33(29)23-31)40(48)43-30-19-16-28(17-20-30)36(27-14-8-3-9-15-27)35(25-10-4-1-5-11-25)26-12-6-2-7-13-26/h1-23,34,37-39,42,44-47H,24H2,(H,43,48)/t34-,37+,38+,39-,42-/m1/s1. The van der Waals surface area contributed by atoms with E-state index in [-0.39, 0.29) is 16.9 Å². The summed E-state index contributed by atoms with van der Waals surface area (Å²) in [5.74, 6) is -0.540. The Kier molecular flexibility index (Phi) is 10.1. The van der Waals surface area contributed by atoms with Gasteiger partial charge in [-0.15, -0.1) is 0 Å². The van der Waals surface area contributed by atoms with Crippen molar-refractivity contribution >= 4 is 33.7 Å². The molecule has 2 heterocycles. The van der Waals surface area contributed by atoms with Crippen LogP contribution >= 0.6 is 0 Å². The first-order valence-electron chi connectivity index (χ1n) is 16.7. The lowest BCUT2D eigenvalue weighted by atomic mass is 9.86. The minimum atomic E-state index is -1.62. The first kappa shape index (κ1) is 34.6. The minimum Gasteiger partial charge on any atom is -0.462 e. The number of aliphatic hydroxyl groups is 4. The lowest BCUT2D eigenvalue weighted by Gasteiger charge is -2.39. The molecule has 1 amide bonds. The van der Waals surface area contributed by atoms with Crippen LogP contribution in [0.3, 0.4) is 0 Å². The Morgan fingerprint density at radius 3 is 1.73 bits per heavy atom. The van der Waals surface area contributed by atoms with Crippen LogP contribution in [0.15, 0.2) is 149 Å². The summed E-state index contributed by atoms with van der Waals surface area (Å²) in [6.45, 7) is -0.610. The van der Waals surface area contributed by atoms with Gasteiger partial charge in [-0.25, -0.2) is 4.79 Å². The van der Waals surface area contributed by atoms with Crippen molar-refractivity contribution in [1.82, 2.24) is 0 Å². The van der Waals surface area contributed by atoms with Crippen molar-refractivity contribution < 1.29 is 39.1 Å². The Balaban J connectivity index is 1.15. The van der Waals surface area contributed by atoms with Crippen LogP contribution in [0.5, 0.6) is 5.75 Å². The second kappa shape index (κ2) is 15.2. The number of nitrogens with one attached hydrogen (secondary N) is 1. The summed E-state index contributed by atoms with van der Waals surface area (Å²) in [4.78, 5) is 26.4. The molecule has 0 spiro atoms. The van der Waals surface area contributed by atoms with E-state index in [1.807, 2.05) is 66.7 Å². The molecule has 5 aromatic carbocycles. The number of carbonyl (C=O) groups is 1. The molecule has 0 saturated carbocycles. The molecule has 0 bridgehead atoms. The summed E-state index contributed by atoms with van der Waals surface area (Å²) in [7, 11) is 0. The number of aliphatic hydroxyl groups excluding tert-OH is 4. The molecule has 5 N–H and O–H groups in total. The van der Waals surface area contributed by atoms with Crippen LogP contribution in [0.1, 0.15) is 32.6 Å². The van der Waals surface area contributed by atoms with E-state index in [0.717, 1.165) is 33.4 Å². The molecule has 1 saturated heterocycles. The van der Waals surface area contributed by atoms with Gasteiger partial charge >= 0.3 is 5.63 Å². The average molecular weight is 698 g/mol. The molecule has 52 heavy (non-hydrogen) atoms. The van der Waals surface area contributed by atoms with E-state index in [1.54, 1.807) is 18.2 Å². The minimum absolute atomic E-state index is 0.0980. The molecule has 5 atom stereocenters. The topological polar surface area (TPSA) is 159 Å². The Hall–Kier alpha value is -5.88. The fourth-order valence-electron chi connectivity index (χ4n) is 6.27. The Labute approximate surface area is 298 Å². The third-order valence-corrected chi connectivity index (χ3v) is 8.92. The van der Waals surface area contributed by atoms with Crippen molar-refractivity contribution in [3.8, 4) is 5.75 Å². The van der Waals surface area contributed by atoms with Gasteiger partial charge in [0.15, 0.2) is 0 Å². The highest BCUT2D eigenvalue weighted by atomic mass is 16.7. The molecule has 10 heteroatoms. The zero-order valence-corrected chi connectivity index (χ0v) is 27.7. The maximum Gasteiger partial charge on any atom is 0.349 e. The van der Waals surface area contributed by atoms with Gasteiger partial charge in [-0.3, -0.25) is 4.79 Å². The van der Waals surface area contributed by atoms with E-state index < -0.39 is 48.8 Å². The molecule has 262 valence electrons. The molecule has 1 fully saturated rings. The van der Waals surface area contributed by atoms with Crippen LogP contribution in [0, 0.1) is 0 Å². The van der Waals surface area contributed by atoms with E-state index in [2.05, 4.69) is 41.7 Å². The van der Waals surface area contributed by atoms with Crippen molar-refractivity contribution in [1.29, 1.82) is 0 Å². The highest BCUT2D eigenvalue weighted by Crippen LogP contribution is 2.37. The normalized spacial score (nSPS) is 19.9. The summed E-state index contributed by atoms with van der Waals surface area (Å²) in [5, 5.41) is 43.1. The third kappa shape index (κ3) is 7.15. The van der Waals surface area contributed by atoms with Crippen molar-refractivity contribution in [2.24, 2.45) is 0 Å². The first-order valence-corrected chi connectivity index (χ1v) is 16.7. The molecule has 1 aromatic heterocycles. The maximum atomic E-state index is 13.4. The van der Waals surface area contributed by atoms with Gasteiger partial charge in [-0.1, -0.05) is 103 Å². The fraction of sp³-hybridized carbons (Fsp3) is 0.143. The number of hydrogen-bond donors (Lipinski definition) is 5. The smallest absolute Gasteiger partial charge is 0.349 e. The van der Waals surface area contributed by atoms with Crippen LogP contribution in [0.25, 0.3) is 22.1 Å². The number of ether oxygens (including phenoxy) is 2. The van der Waals surface area contributed by atoms with E-state index in [0.29, 0.717) is 11.1 Å². The molecule has 1 aliphatic heterocycles. The van der Waals surface area contributed by atoms with Crippen molar-refractivity contribution in [2.75, 3.05) is 11.9 Å². The first-order chi connectivity index (χ1) is 25.3. The molecule has 10 nitrogen and oxygen atoms in total. The molecule has 7 rings (SSSR count). The van der Waals surface area contributed by atoms with Gasteiger partial charge in [0.25, 0.3) is 5.91 Å². The average Bonchev–Trinajstić information content (AvgIpc) is 3.18. The molecule has 0 unspecified atom stereocenters. The predicted molar refractivity (Wildman–Crippen MR) is 196 cm³/mol. The van der Waals surface area contributed by atoms with Gasteiger partial charge in [0.2, 0.25) is 6.29 Å². The van der Waals surface area contributed by atoms with Crippen LogP contribution in [0.2, 0.25) is 0 Å². The Bertz CT molecular complexity index is 2210. The molecular formula is C42H35NO9. The number of anilines is 1. The van der Waals surface area contributed by atoms with Crippen LogP contribution in [0.4, 0.5) is 5.69 Å². The van der Waals surface area contributed by atoms with E-state index in [9.17, 15) is 30.0 Å². The van der Waals surface area contributed by atoms with E-state index in [1.165, 1.54) is 18.2 Å². The molecular weight excluding hydrogens is 662 g/mol. The van der Waals surface area contributed by atoms with Gasteiger partial charge in [-0.2, -0.15) is 0 Å². The molecule has 0 radical (unpaired) electrons.